The van der Waals surface area contributed by atoms with Crippen LogP contribution in [0.1, 0.15) is 24.9 Å². The van der Waals surface area contributed by atoms with Crippen molar-refractivity contribution in [1.29, 1.82) is 0 Å². The van der Waals surface area contributed by atoms with Crippen molar-refractivity contribution in [1.82, 2.24) is 10.6 Å². The Morgan fingerprint density at radius 1 is 1.38 bits per heavy atom. The molecule has 0 heterocycles. The van der Waals surface area contributed by atoms with Gasteiger partial charge in [0.15, 0.2) is 0 Å². The summed E-state index contributed by atoms with van der Waals surface area (Å²) in [5.41, 5.74) is 1.06. The molecule has 4 heteroatoms. The maximum atomic E-state index is 11.5. The number of carbonyl (C=O) groups is 1. The van der Waals surface area contributed by atoms with E-state index in [9.17, 15) is 4.79 Å². The van der Waals surface area contributed by atoms with E-state index in [2.05, 4.69) is 10.6 Å². The fraction of sp³-hybridized carbons (Fsp3) is 0.417. The number of benzene rings is 1. The molecular weight excluding hydrogens is 224 g/mol. The molecule has 0 aliphatic carbocycles. The predicted molar refractivity (Wildman–Crippen MR) is 66.6 cm³/mol. The highest BCUT2D eigenvalue weighted by atomic mass is 35.5. The monoisotopic (exact) mass is 240 g/mol. The second-order valence-corrected chi connectivity index (χ2v) is 4.13. The molecule has 2 N–H and O–H groups in total. The van der Waals surface area contributed by atoms with Crippen molar-refractivity contribution in [2.45, 2.75) is 19.4 Å². The number of amides is 1. The number of nitrogens with one attached hydrogen (secondary N) is 2. The van der Waals surface area contributed by atoms with E-state index in [0.29, 0.717) is 18.0 Å². The molecule has 1 atom stereocenters. The number of hydrogen-bond acceptors (Lipinski definition) is 2. The van der Waals surface area contributed by atoms with E-state index in [1.54, 1.807) is 0 Å². The Morgan fingerprint density at radius 3 is 2.56 bits per heavy atom. The van der Waals surface area contributed by atoms with Gasteiger partial charge in [-0.1, -0.05) is 23.7 Å². The average molecular weight is 241 g/mol. The van der Waals surface area contributed by atoms with Gasteiger partial charge in [0.1, 0.15) is 0 Å². The van der Waals surface area contributed by atoms with E-state index in [4.69, 9.17) is 11.6 Å². The van der Waals surface area contributed by atoms with E-state index in [0.717, 1.165) is 5.56 Å². The van der Waals surface area contributed by atoms with Crippen LogP contribution in [0.4, 0.5) is 0 Å². The first kappa shape index (κ1) is 13.0. The molecule has 0 bridgehead atoms. The van der Waals surface area contributed by atoms with Crippen molar-refractivity contribution in [3.05, 3.63) is 34.9 Å². The normalized spacial score (nSPS) is 12.2. The molecule has 0 unspecified atom stereocenters. The molecule has 1 amide bonds. The van der Waals surface area contributed by atoms with Gasteiger partial charge >= 0.3 is 0 Å². The number of rotatable bonds is 5. The van der Waals surface area contributed by atoms with E-state index in [1.807, 2.05) is 38.2 Å². The molecule has 0 fully saturated rings. The van der Waals surface area contributed by atoms with Gasteiger partial charge < -0.3 is 10.6 Å². The van der Waals surface area contributed by atoms with Crippen molar-refractivity contribution < 1.29 is 4.79 Å². The summed E-state index contributed by atoms with van der Waals surface area (Å²) in [6.45, 7) is 2.65. The maximum absolute atomic E-state index is 11.5. The summed E-state index contributed by atoms with van der Waals surface area (Å²) in [7, 11) is 1.83. The fourth-order valence-corrected chi connectivity index (χ4v) is 1.51. The van der Waals surface area contributed by atoms with Crippen LogP contribution in [0, 0.1) is 0 Å². The van der Waals surface area contributed by atoms with E-state index in [1.165, 1.54) is 0 Å². The van der Waals surface area contributed by atoms with Crippen molar-refractivity contribution in [2.24, 2.45) is 0 Å². The molecule has 0 aromatic heterocycles. The quantitative estimate of drug-likeness (QED) is 0.828. The third-order valence-corrected chi connectivity index (χ3v) is 2.60. The van der Waals surface area contributed by atoms with E-state index in [-0.39, 0.29) is 11.9 Å². The molecule has 88 valence electrons. The topological polar surface area (TPSA) is 41.1 Å². The van der Waals surface area contributed by atoms with Gasteiger partial charge in [-0.25, -0.2) is 0 Å². The zero-order valence-corrected chi connectivity index (χ0v) is 10.3. The average Bonchev–Trinajstić information content (AvgIpc) is 2.27. The van der Waals surface area contributed by atoms with Crippen LogP contribution in [0.15, 0.2) is 24.3 Å². The molecule has 16 heavy (non-hydrogen) atoms. The van der Waals surface area contributed by atoms with Crippen molar-refractivity contribution in [3.63, 3.8) is 0 Å². The van der Waals surface area contributed by atoms with Gasteiger partial charge in [-0.2, -0.15) is 0 Å². The van der Waals surface area contributed by atoms with Crippen LogP contribution in [-0.2, 0) is 4.79 Å². The summed E-state index contributed by atoms with van der Waals surface area (Å²) in [5.74, 6) is 0.0526. The van der Waals surface area contributed by atoms with Gasteiger partial charge in [-0.3, -0.25) is 4.79 Å². The molecule has 1 aromatic carbocycles. The first-order valence-electron chi connectivity index (χ1n) is 5.33. The largest absolute Gasteiger partial charge is 0.350 e. The lowest BCUT2D eigenvalue weighted by Gasteiger charge is -2.14. The molecule has 1 aromatic rings. The Morgan fingerprint density at radius 2 is 2.00 bits per heavy atom. The minimum absolute atomic E-state index is 0.0154. The molecule has 0 saturated carbocycles. The Balaban J connectivity index is 2.48. The SMILES string of the molecule is CNCCC(=O)N[C@@H](C)c1ccc(Cl)cc1. The predicted octanol–water partition coefficient (Wildman–Crippen LogP) is 2.13. The maximum Gasteiger partial charge on any atom is 0.221 e. The number of halogens is 1. The van der Waals surface area contributed by atoms with Crippen LogP contribution in [0.3, 0.4) is 0 Å². The first-order valence-corrected chi connectivity index (χ1v) is 5.70. The molecule has 0 aliphatic heterocycles. The highest BCUT2D eigenvalue weighted by molar-refractivity contribution is 6.30. The molecule has 0 saturated heterocycles. The summed E-state index contributed by atoms with van der Waals surface area (Å²) in [6.07, 6.45) is 0.494. The van der Waals surface area contributed by atoms with Crippen LogP contribution < -0.4 is 10.6 Å². The first-order chi connectivity index (χ1) is 7.63. The minimum atomic E-state index is 0.0154. The zero-order valence-electron chi connectivity index (χ0n) is 9.59. The standard InChI is InChI=1S/C12H17ClN2O/c1-9(15-12(16)7-8-14-2)10-3-5-11(13)6-4-10/h3-6,9,14H,7-8H2,1-2H3,(H,15,16)/t9-/m0/s1. The molecule has 0 aliphatic rings. The number of hydrogen-bond donors (Lipinski definition) is 2. The summed E-state index contributed by atoms with van der Waals surface area (Å²) in [4.78, 5) is 11.5. The molecule has 0 radical (unpaired) electrons. The van der Waals surface area contributed by atoms with Crippen molar-refractivity contribution in [2.75, 3.05) is 13.6 Å². The lowest BCUT2D eigenvalue weighted by Crippen LogP contribution is -2.28. The molecule has 0 spiro atoms. The minimum Gasteiger partial charge on any atom is -0.350 e. The van der Waals surface area contributed by atoms with Crippen molar-refractivity contribution in [3.8, 4) is 0 Å². The summed E-state index contributed by atoms with van der Waals surface area (Å²) in [6, 6.07) is 7.51. The zero-order chi connectivity index (χ0) is 12.0. The Bertz CT molecular complexity index is 337. The lowest BCUT2D eigenvalue weighted by atomic mass is 10.1. The van der Waals surface area contributed by atoms with Crippen LogP contribution in [0.2, 0.25) is 5.02 Å². The number of carbonyl (C=O) groups excluding carboxylic acids is 1. The van der Waals surface area contributed by atoms with Gasteiger partial charge in [-0.15, -0.1) is 0 Å². The van der Waals surface area contributed by atoms with Gasteiger partial charge in [0.25, 0.3) is 0 Å². The van der Waals surface area contributed by atoms with Crippen LogP contribution in [0.5, 0.6) is 0 Å². The Kier molecular flexibility index (Phi) is 5.29. The van der Waals surface area contributed by atoms with Crippen molar-refractivity contribution >= 4 is 17.5 Å². The van der Waals surface area contributed by atoms with Crippen LogP contribution in [0.25, 0.3) is 0 Å². The van der Waals surface area contributed by atoms with Crippen LogP contribution >= 0.6 is 11.6 Å². The smallest absolute Gasteiger partial charge is 0.221 e. The third kappa shape index (κ3) is 4.21. The van der Waals surface area contributed by atoms with Gasteiger partial charge in [0.2, 0.25) is 5.91 Å². The summed E-state index contributed by atoms with van der Waals surface area (Å²) >= 11 is 5.80. The summed E-state index contributed by atoms with van der Waals surface area (Å²) < 4.78 is 0. The summed E-state index contributed by atoms with van der Waals surface area (Å²) in [5, 5.41) is 6.58. The second kappa shape index (κ2) is 6.51. The lowest BCUT2D eigenvalue weighted by molar-refractivity contribution is -0.121. The van der Waals surface area contributed by atoms with Gasteiger partial charge in [-0.05, 0) is 31.7 Å². The van der Waals surface area contributed by atoms with E-state index < -0.39 is 0 Å². The van der Waals surface area contributed by atoms with Gasteiger partial charge in [0.05, 0.1) is 6.04 Å². The molecule has 3 nitrogen and oxygen atoms in total. The Hall–Kier alpha value is -1.06. The van der Waals surface area contributed by atoms with E-state index >= 15 is 0 Å². The molecule has 1 rings (SSSR count). The highest BCUT2D eigenvalue weighted by Gasteiger charge is 2.08. The third-order valence-electron chi connectivity index (χ3n) is 2.35. The highest BCUT2D eigenvalue weighted by Crippen LogP contribution is 2.15. The van der Waals surface area contributed by atoms with Gasteiger partial charge in [0, 0.05) is 18.0 Å². The Labute approximate surface area is 101 Å². The second-order valence-electron chi connectivity index (χ2n) is 3.69. The van der Waals surface area contributed by atoms with Crippen LogP contribution in [-0.4, -0.2) is 19.5 Å². The fourth-order valence-electron chi connectivity index (χ4n) is 1.39. The molecular formula is C12H17ClN2O.